The molecule has 0 atom stereocenters. The van der Waals surface area contributed by atoms with Gasteiger partial charge in [0.1, 0.15) is 5.75 Å². The summed E-state index contributed by atoms with van der Waals surface area (Å²) in [4.78, 5) is 0. The number of halogens is 2. The second kappa shape index (κ2) is 7.17. The number of benzene rings is 1. The van der Waals surface area contributed by atoms with Crippen molar-refractivity contribution >= 4 is 0 Å². The lowest BCUT2D eigenvalue weighted by molar-refractivity contribution is -0.0498. The molecule has 0 unspecified atom stereocenters. The summed E-state index contributed by atoms with van der Waals surface area (Å²) in [6.45, 7) is 0.680. The highest BCUT2D eigenvalue weighted by Crippen LogP contribution is 2.15. The third-order valence-corrected chi connectivity index (χ3v) is 3.12. The van der Waals surface area contributed by atoms with Gasteiger partial charge >= 0.3 is 6.61 Å². The first-order valence-corrected chi connectivity index (χ1v) is 6.84. The SMILES string of the molecule is CCc1nn(C)cc1CNCc1ccc(OC(F)F)cc1. The van der Waals surface area contributed by atoms with Crippen molar-refractivity contribution < 1.29 is 13.5 Å². The Bertz CT molecular complexity index is 567. The van der Waals surface area contributed by atoms with Gasteiger partial charge in [0.15, 0.2) is 0 Å². The van der Waals surface area contributed by atoms with Crippen LogP contribution in [0.15, 0.2) is 30.5 Å². The Kier molecular flexibility index (Phi) is 5.27. The molecule has 0 fully saturated rings. The zero-order valence-electron chi connectivity index (χ0n) is 12.1. The molecule has 1 aromatic heterocycles. The number of hydrogen-bond donors (Lipinski definition) is 1. The highest BCUT2D eigenvalue weighted by atomic mass is 19.3. The molecule has 2 rings (SSSR count). The minimum absolute atomic E-state index is 0.175. The van der Waals surface area contributed by atoms with E-state index in [9.17, 15) is 8.78 Å². The summed E-state index contributed by atoms with van der Waals surface area (Å²) in [5.41, 5.74) is 3.28. The lowest BCUT2D eigenvalue weighted by atomic mass is 10.2. The summed E-state index contributed by atoms with van der Waals surface area (Å²) >= 11 is 0. The van der Waals surface area contributed by atoms with Crippen molar-refractivity contribution in [1.82, 2.24) is 15.1 Å². The highest BCUT2D eigenvalue weighted by Gasteiger charge is 2.06. The summed E-state index contributed by atoms with van der Waals surface area (Å²) in [5.74, 6) is 0.175. The largest absolute Gasteiger partial charge is 0.435 e. The van der Waals surface area contributed by atoms with Crippen molar-refractivity contribution in [3.63, 3.8) is 0 Å². The molecule has 0 saturated heterocycles. The number of nitrogens with one attached hydrogen (secondary N) is 1. The first-order chi connectivity index (χ1) is 10.1. The Morgan fingerprint density at radius 2 is 1.95 bits per heavy atom. The van der Waals surface area contributed by atoms with Crippen LogP contribution in [0, 0.1) is 0 Å². The van der Waals surface area contributed by atoms with Gasteiger partial charge in [-0.05, 0) is 24.1 Å². The zero-order valence-corrected chi connectivity index (χ0v) is 12.1. The fourth-order valence-electron chi connectivity index (χ4n) is 2.16. The number of aryl methyl sites for hydroxylation is 2. The molecule has 4 nitrogen and oxygen atoms in total. The third kappa shape index (κ3) is 4.53. The van der Waals surface area contributed by atoms with Gasteiger partial charge in [-0.2, -0.15) is 13.9 Å². The second-order valence-electron chi connectivity index (χ2n) is 4.75. The molecule has 2 aromatic rings. The van der Waals surface area contributed by atoms with Gasteiger partial charge in [-0.1, -0.05) is 19.1 Å². The number of hydrogen-bond acceptors (Lipinski definition) is 3. The predicted molar refractivity (Wildman–Crippen MR) is 76.2 cm³/mol. The van der Waals surface area contributed by atoms with E-state index in [1.807, 2.05) is 17.9 Å². The number of aromatic nitrogens is 2. The Labute approximate surface area is 122 Å². The summed E-state index contributed by atoms with van der Waals surface area (Å²) in [6.07, 6.45) is 2.91. The van der Waals surface area contributed by atoms with Crippen molar-refractivity contribution in [1.29, 1.82) is 0 Å². The molecular formula is C15H19F2N3O. The molecule has 0 aliphatic carbocycles. The van der Waals surface area contributed by atoms with Crippen LogP contribution >= 0.6 is 0 Å². The van der Waals surface area contributed by atoms with Crippen LogP contribution in [0.3, 0.4) is 0 Å². The lowest BCUT2D eigenvalue weighted by Crippen LogP contribution is -2.13. The van der Waals surface area contributed by atoms with Gasteiger partial charge in [-0.15, -0.1) is 0 Å². The molecule has 0 aliphatic rings. The number of ether oxygens (including phenoxy) is 1. The average Bonchev–Trinajstić information content (AvgIpc) is 2.80. The van der Waals surface area contributed by atoms with Crippen LogP contribution in [0.1, 0.15) is 23.7 Å². The maximum absolute atomic E-state index is 12.0. The number of nitrogens with zero attached hydrogens (tertiary/aromatic N) is 2. The molecule has 0 saturated carbocycles. The normalized spacial score (nSPS) is 11.1. The molecule has 114 valence electrons. The van der Waals surface area contributed by atoms with E-state index in [-0.39, 0.29) is 5.75 Å². The Balaban J connectivity index is 1.85. The maximum Gasteiger partial charge on any atom is 0.387 e. The molecule has 1 heterocycles. The van der Waals surface area contributed by atoms with Crippen LogP contribution in [0.4, 0.5) is 8.78 Å². The maximum atomic E-state index is 12.0. The third-order valence-electron chi connectivity index (χ3n) is 3.12. The van der Waals surface area contributed by atoms with Crippen LogP contribution in [0.5, 0.6) is 5.75 Å². The van der Waals surface area contributed by atoms with E-state index >= 15 is 0 Å². The van der Waals surface area contributed by atoms with Crippen molar-refractivity contribution in [2.45, 2.75) is 33.0 Å². The van der Waals surface area contributed by atoms with E-state index in [1.165, 1.54) is 5.56 Å². The number of alkyl halides is 2. The van der Waals surface area contributed by atoms with Gasteiger partial charge in [0.05, 0.1) is 5.69 Å². The topological polar surface area (TPSA) is 39.1 Å². The molecule has 1 N–H and O–H groups in total. The zero-order chi connectivity index (χ0) is 15.2. The van der Waals surface area contributed by atoms with Crippen molar-refractivity contribution in [2.24, 2.45) is 7.05 Å². The van der Waals surface area contributed by atoms with Crippen LogP contribution in [0.25, 0.3) is 0 Å². The predicted octanol–water partition coefficient (Wildman–Crippen LogP) is 2.87. The summed E-state index contributed by atoms with van der Waals surface area (Å²) in [7, 11) is 1.91. The molecule has 0 radical (unpaired) electrons. The van der Waals surface area contributed by atoms with Crippen LogP contribution in [-0.4, -0.2) is 16.4 Å². The van der Waals surface area contributed by atoms with E-state index < -0.39 is 6.61 Å². The molecule has 0 aliphatic heterocycles. The molecule has 21 heavy (non-hydrogen) atoms. The van der Waals surface area contributed by atoms with Gasteiger partial charge in [-0.25, -0.2) is 0 Å². The highest BCUT2D eigenvalue weighted by molar-refractivity contribution is 5.27. The first-order valence-electron chi connectivity index (χ1n) is 6.84. The Morgan fingerprint density at radius 1 is 1.24 bits per heavy atom. The minimum Gasteiger partial charge on any atom is -0.435 e. The van der Waals surface area contributed by atoms with Gasteiger partial charge < -0.3 is 10.1 Å². The lowest BCUT2D eigenvalue weighted by Gasteiger charge is -2.07. The fourth-order valence-corrected chi connectivity index (χ4v) is 2.16. The standard InChI is InChI=1S/C15H19F2N3O/c1-3-14-12(10-20(2)19-14)9-18-8-11-4-6-13(7-5-11)21-15(16)17/h4-7,10,15,18H,3,8-9H2,1-2H3. The van der Waals surface area contributed by atoms with Crippen LogP contribution in [0.2, 0.25) is 0 Å². The van der Waals surface area contributed by atoms with Gasteiger partial charge in [-0.3, -0.25) is 4.68 Å². The second-order valence-corrected chi connectivity index (χ2v) is 4.75. The molecular weight excluding hydrogens is 276 g/mol. The minimum atomic E-state index is -2.79. The van der Waals surface area contributed by atoms with Gasteiger partial charge in [0, 0.05) is 31.9 Å². The molecule has 6 heteroatoms. The van der Waals surface area contributed by atoms with E-state index in [0.717, 1.165) is 24.2 Å². The van der Waals surface area contributed by atoms with Gasteiger partial charge in [0.25, 0.3) is 0 Å². The van der Waals surface area contributed by atoms with E-state index in [2.05, 4.69) is 22.1 Å². The van der Waals surface area contributed by atoms with Gasteiger partial charge in [0.2, 0.25) is 0 Å². The molecule has 0 bridgehead atoms. The first kappa shape index (κ1) is 15.4. The van der Waals surface area contributed by atoms with E-state index in [4.69, 9.17) is 0 Å². The quantitative estimate of drug-likeness (QED) is 0.853. The fraction of sp³-hybridized carbons (Fsp3) is 0.400. The molecule has 0 spiro atoms. The Hall–Kier alpha value is -1.95. The summed E-state index contributed by atoms with van der Waals surface area (Å²) < 4.78 is 30.2. The number of rotatable bonds is 7. The molecule has 1 aromatic carbocycles. The Morgan fingerprint density at radius 3 is 2.57 bits per heavy atom. The average molecular weight is 295 g/mol. The monoisotopic (exact) mass is 295 g/mol. The smallest absolute Gasteiger partial charge is 0.387 e. The van der Waals surface area contributed by atoms with Crippen molar-refractivity contribution in [3.05, 3.63) is 47.3 Å². The summed E-state index contributed by atoms with van der Waals surface area (Å²) in [5, 5.41) is 7.71. The summed E-state index contributed by atoms with van der Waals surface area (Å²) in [6, 6.07) is 6.64. The van der Waals surface area contributed by atoms with Crippen molar-refractivity contribution in [3.8, 4) is 5.75 Å². The van der Waals surface area contributed by atoms with E-state index in [0.29, 0.717) is 6.54 Å². The van der Waals surface area contributed by atoms with Crippen LogP contribution in [-0.2, 0) is 26.6 Å². The van der Waals surface area contributed by atoms with Crippen LogP contribution < -0.4 is 10.1 Å². The van der Waals surface area contributed by atoms with E-state index in [1.54, 1.807) is 24.3 Å². The molecule has 0 amide bonds. The van der Waals surface area contributed by atoms with Crippen molar-refractivity contribution in [2.75, 3.05) is 0 Å².